The third-order valence-corrected chi connectivity index (χ3v) is 10.2. The molecule has 1 heterocycles. The summed E-state index contributed by atoms with van der Waals surface area (Å²) in [6, 6.07) is 15.5. The van der Waals surface area contributed by atoms with Crippen LogP contribution in [-0.4, -0.2) is 46.8 Å². The maximum Gasteiger partial charge on any atom is 0.334 e. The van der Waals surface area contributed by atoms with E-state index in [4.69, 9.17) is 14.2 Å². The second-order valence-electron chi connectivity index (χ2n) is 12.3. The fraction of sp³-hybridized carbons (Fsp3) is 0.400. The van der Waals surface area contributed by atoms with Gasteiger partial charge in [-0.25, -0.2) is 19.4 Å². The maximum atomic E-state index is 14.4. The lowest BCUT2D eigenvalue weighted by Crippen LogP contribution is -2.51. The highest BCUT2D eigenvalue weighted by atomic mass is 31.2. The minimum absolute atomic E-state index is 0.0651. The van der Waals surface area contributed by atoms with Crippen molar-refractivity contribution in [3.8, 4) is 11.5 Å². The van der Waals surface area contributed by atoms with Gasteiger partial charge in [-0.2, -0.15) is 0 Å². The second-order valence-corrected chi connectivity index (χ2v) is 14.5. The number of phenols is 1. The summed E-state index contributed by atoms with van der Waals surface area (Å²) in [5.74, 6) is -0.755. The highest BCUT2D eigenvalue weighted by Gasteiger charge is 2.53. The third kappa shape index (κ3) is 7.74. The average molecular weight is 655 g/mol. The number of carbonyl (C=O) groups excluding carboxylic acids is 1. The first-order chi connectivity index (χ1) is 21.6. The molecule has 3 aromatic carbocycles. The Morgan fingerprint density at radius 3 is 2.11 bits per heavy atom. The van der Waals surface area contributed by atoms with Crippen molar-refractivity contribution < 1.29 is 38.2 Å². The molecule has 0 saturated carbocycles. The van der Waals surface area contributed by atoms with Gasteiger partial charge in [-0.15, -0.1) is 0 Å². The largest absolute Gasteiger partial charge is 0.508 e. The molecule has 0 bridgehead atoms. The van der Waals surface area contributed by atoms with Crippen LogP contribution >= 0.6 is 7.44 Å². The summed E-state index contributed by atoms with van der Waals surface area (Å²) in [6.45, 7) is 12.4. The standard InChI is InChI=1S/C35H44FN2O7P/c1-8-43-32-31(40)35(7,33(41)44-9-2)38-46(42,37-34(32,5)6)21-45-28-16-22(3)29(23(4)17-28)20-25-12-15-30(39)26(19-25)18-24-10-13-27(36)14-11-24/h10-17,19,39-40H,8-9,18,20-21H2,1-7H3,(H2,37,38,42). The van der Waals surface area contributed by atoms with E-state index < -0.39 is 30.2 Å². The molecule has 2 unspecified atom stereocenters. The predicted octanol–water partition coefficient (Wildman–Crippen LogP) is 6.96. The van der Waals surface area contributed by atoms with Crippen molar-refractivity contribution >= 4 is 13.4 Å². The molecule has 2 atom stereocenters. The molecular weight excluding hydrogens is 610 g/mol. The van der Waals surface area contributed by atoms with Gasteiger partial charge in [0.05, 0.1) is 18.8 Å². The maximum absolute atomic E-state index is 14.4. The summed E-state index contributed by atoms with van der Waals surface area (Å²) in [5, 5.41) is 27.6. The Morgan fingerprint density at radius 1 is 0.870 bits per heavy atom. The van der Waals surface area contributed by atoms with Gasteiger partial charge in [0.2, 0.25) is 7.44 Å². The first kappa shape index (κ1) is 35.0. The SMILES string of the molecule is CCOC(=O)C1(C)NP(=O)(COc2cc(C)c(Cc3ccc(O)c(Cc4ccc(F)cc4)c3)c(C)c2)NC(C)(C)C(OCC)=C1O. The molecule has 9 nitrogen and oxygen atoms in total. The molecule has 4 N–H and O–H groups in total. The van der Waals surface area contributed by atoms with E-state index in [1.165, 1.54) is 19.1 Å². The van der Waals surface area contributed by atoms with E-state index in [2.05, 4.69) is 10.2 Å². The number of aryl methyl sites for hydroxylation is 2. The molecule has 11 heteroatoms. The van der Waals surface area contributed by atoms with E-state index in [9.17, 15) is 24.0 Å². The van der Waals surface area contributed by atoms with Gasteiger partial charge >= 0.3 is 5.97 Å². The Morgan fingerprint density at radius 2 is 1.50 bits per heavy atom. The van der Waals surface area contributed by atoms with E-state index in [1.54, 1.807) is 45.9 Å². The first-order valence-corrected chi connectivity index (χ1v) is 17.2. The summed E-state index contributed by atoms with van der Waals surface area (Å²) in [6.07, 6.45) is 0.743. The van der Waals surface area contributed by atoms with Crippen LogP contribution in [0.25, 0.3) is 0 Å². The molecule has 0 aliphatic carbocycles. The Bertz CT molecular complexity index is 1650. The first-order valence-electron chi connectivity index (χ1n) is 15.3. The number of rotatable bonds is 11. The van der Waals surface area contributed by atoms with Crippen molar-refractivity contribution in [3.05, 3.63) is 105 Å². The number of halogens is 1. The number of hydrogen-bond donors (Lipinski definition) is 4. The molecular formula is C35H44FN2O7P. The van der Waals surface area contributed by atoms with Crippen LogP contribution in [0.15, 0.2) is 66.1 Å². The van der Waals surface area contributed by atoms with Crippen LogP contribution in [0.5, 0.6) is 11.5 Å². The van der Waals surface area contributed by atoms with Crippen LogP contribution in [0.2, 0.25) is 0 Å². The van der Waals surface area contributed by atoms with E-state index in [1.807, 2.05) is 38.1 Å². The smallest absolute Gasteiger partial charge is 0.334 e. The minimum atomic E-state index is -3.73. The zero-order valence-corrected chi connectivity index (χ0v) is 28.4. The topological polar surface area (TPSA) is 126 Å². The summed E-state index contributed by atoms with van der Waals surface area (Å²) in [5.41, 5.74) is 2.67. The molecule has 0 amide bonds. The highest BCUT2D eigenvalue weighted by Crippen LogP contribution is 2.48. The second kappa shape index (κ2) is 13.9. The van der Waals surface area contributed by atoms with E-state index in [-0.39, 0.29) is 36.9 Å². The Kier molecular flexibility index (Phi) is 10.6. The molecule has 248 valence electrons. The van der Waals surface area contributed by atoms with Crippen molar-refractivity contribution in [2.24, 2.45) is 0 Å². The molecule has 1 aliphatic heterocycles. The number of aliphatic hydroxyl groups is 1. The van der Waals surface area contributed by atoms with Gasteiger partial charge in [0, 0.05) is 6.42 Å². The van der Waals surface area contributed by atoms with Gasteiger partial charge in [-0.3, -0.25) is 4.57 Å². The average Bonchev–Trinajstić information content (AvgIpc) is 3.04. The van der Waals surface area contributed by atoms with Crippen LogP contribution in [0.1, 0.15) is 68.0 Å². The number of aliphatic hydroxyl groups excluding tert-OH is 1. The Hall–Kier alpha value is -3.85. The molecule has 0 radical (unpaired) electrons. The van der Waals surface area contributed by atoms with Crippen molar-refractivity contribution in [1.82, 2.24) is 10.2 Å². The fourth-order valence-corrected chi connectivity index (χ4v) is 8.18. The molecule has 0 aromatic heterocycles. The number of benzene rings is 3. The van der Waals surface area contributed by atoms with Crippen LogP contribution in [0.4, 0.5) is 4.39 Å². The quantitative estimate of drug-likeness (QED) is 0.128. The number of hydrogen-bond acceptors (Lipinski definition) is 7. The zero-order chi connectivity index (χ0) is 33.9. The van der Waals surface area contributed by atoms with Crippen molar-refractivity contribution in [3.63, 3.8) is 0 Å². The van der Waals surface area contributed by atoms with Crippen molar-refractivity contribution in [2.45, 2.75) is 72.4 Å². The van der Waals surface area contributed by atoms with E-state index in [0.29, 0.717) is 18.6 Å². The van der Waals surface area contributed by atoms with Gasteiger partial charge < -0.3 is 24.4 Å². The monoisotopic (exact) mass is 654 g/mol. The lowest BCUT2D eigenvalue weighted by atomic mass is 9.93. The van der Waals surface area contributed by atoms with Gasteiger partial charge in [-0.1, -0.05) is 24.3 Å². The summed E-state index contributed by atoms with van der Waals surface area (Å²) in [4.78, 5) is 13.1. The normalized spacial score (nSPS) is 21.0. The predicted molar refractivity (Wildman–Crippen MR) is 176 cm³/mol. The number of nitrogens with one attached hydrogen (secondary N) is 2. The van der Waals surface area contributed by atoms with Crippen LogP contribution in [0, 0.1) is 19.7 Å². The van der Waals surface area contributed by atoms with E-state index in [0.717, 1.165) is 33.4 Å². The summed E-state index contributed by atoms with van der Waals surface area (Å²) >= 11 is 0. The number of esters is 1. The molecule has 46 heavy (non-hydrogen) atoms. The molecule has 4 rings (SSSR count). The molecule has 3 aromatic rings. The highest BCUT2D eigenvalue weighted by molar-refractivity contribution is 7.59. The summed E-state index contributed by atoms with van der Waals surface area (Å²) < 4.78 is 44.8. The number of aromatic hydroxyl groups is 1. The van der Waals surface area contributed by atoms with Crippen LogP contribution < -0.4 is 14.9 Å². The lowest BCUT2D eigenvalue weighted by Gasteiger charge is -2.31. The van der Waals surface area contributed by atoms with Gasteiger partial charge in [-0.05, 0) is 119 Å². The Balaban J connectivity index is 1.55. The van der Waals surface area contributed by atoms with Gasteiger partial charge in [0.15, 0.2) is 23.4 Å². The fourth-order valence-electron chi connectivity index (χ4n) is 5.74. The van der Waals surface area contributed by atoms with Crippen LogP contribution in [0.3, 0.4) is 0 Å². The molecule has 0 fully saturated rings. The Labute approximate surface area is 270 Å². The molecule has 0 saturated heterocycles. The van der Waals surface area contributed by atoms with Gasteiger partial charge in [0.1, 0.15) is 17.3 Å². The minimum Gasteiger partial charge on any atom is -0.508 e. The van der Waals surface area contributed by atoms with Gasteiger partial charge in [0.25, 0.3) is 0 Å². The summed E-state index contributed by atoms with van der Waals surface area (Å²) in [7, 11) is -3.73. The lowest BCUT2D eigenvalue weighted by molar-refractivity contribution is -0.149. The van der Waals surface area contributed by atoms with Crippen molar-refractivity contribution in [2.75, 3.05) is 19.6 Å². The zero-order valence-electron chi connectivity index (χ0n) is 27.5. The number of phenolic OH excluding ortho intramolecular Hbond substituents is 1. The van der Waals surface area contributed by atoms with Crippen molar-refractivity contribution in [1.29, 1.82) is 0 Å². The molecule has 0 spiro atoms. The number of carbonyl (C=O) groups is 1. The third-order valence-electron chi connectivity index (χ3n) is 8.01. The number of ether oxygens (including phenoxy) is 3. The molecule has 1 aliphatic rings. The van der Waals surface area contributed by atoms with Crippen LogP contribution in [-0.2, 0) is 31.7 Å². The van der Waals surface area contributed by atoms with E-state index >= 15 is 0 Å².